The summed E-state index contributed by atoms with van der Waals surface area (Å²) < 4.78 is 2.52. The number of hydrogen-bond donors (Lipinski definition) is 1. The molecule has 2 aromatic rings. The SMILES string of the molecule is CC(C)n1nccc1-c1nnc(SCC(=O)O)s1. The highest BCUT2D eigenvalue weighted by Gasteiger charge is 2.14. The molecule has 2 rings (SSSR count). The highest BCUT2D eigenvalue weighted by atomic mass is 32.2. The van der Waals surface area contributed by atoms with Crippen molar-refractivity contribution < 1.29 is 9.90 Å². The number of thioether (sulfide) groups is 1. The molecule has 0 atom stereocenters. The van der Waals surface area contributed by atoms with E-state index in [1.807, 2.05) is 24.6 Å². The number of aromatic nitrogens is 4. The van der Waals surface area contributed by atoms with Crippen molar-refractivity contribution in [2.75, 3.05) is 5.75 Å². The first kappa shape index (κ1) is 13.0. The average molecular weight is 284 g/mol. The summed E-state index contributed by atoms with van der Waals surface area (Å²) in [6.45, 7) is 4.08. The van der Waals surface area contributed by atoms with Crippen LogP contribution in [0.3, 0.4) is 0 Å². The molecule has 2 aromatic heterocycles. The second kappa shape index (κ2) is 5.49. The molecular formula is C10H12N4O2S2. The van der Waals surface area contributed by atoms with Crippen molar-refractivity contribution in [3.05, 3.63) is 12.3 Å². The quantitative estimate of drug-likeness (QED) is 0.847. The third-order valence-corrected chi connectivity index (χ3v) is 4.17. The number of aliphatic carboxylic acids is 1. The lowest BCUT2D eigenvalue weighted by molar-refractivity contribution is -0.133. The number of nitrogens with zero attached hydrogens (tertiary/aromatic N) is 4. The predicted molar refractivity (Wildman–Crippen MR) is 69.9 cm³/mol. The second-order valence-electron chi connectivity index (χ2n) is 3.81. The summed E-state index contributed by atoms with van der Waals surface area (Å²) in [7, 11) is 0. The summed E-state index contributed by atoms with van der Waals surface area (Å²) in [6.07, 6.45) is 1.72. The van der Waals surface area contributed by atoms with Gasteiger partial charge in [-0.25, -0.2) is 0 Å². The molecule has 6 nitrogen and oxygen atoms in total. The Morgan fingerprint density at radius 3 is 3.00 bits per heavy atom. The fraction of sp³-hybridized carbons (Fsp3) is 0.400. The number of carbonyl (C=O) groups is 1. The summed E-state index contributed by atoms with van der Waals surface area (Å²) in [4.78, 5) is 10.5. The van der Waals surface area contributed by atoms with Crippen LogP contribution in [0.25, 0.3) is 10.7 Å². The molecule has 0 aromatic carbocycles. The first-order chi connectivity index (χ1) is 8.58. The Morgan fingerprint density at radius 1 is 1.56 bits per heavy atom. The fourth-order valence-corrected chi connectivity index (χ4v) is 2.98. The molecule has 0 fully saturated rings. The van der Waals surface area contributed by atoms with Gasteiger partial charge in [0.05, 0.1) is 11.4 Å². The molecule has 8 heteroatoms. The van der Waals surface area contributed by atoms with Gasteiger partial charge in [-0.2, -0.15) is 5.10 Å². The van der Waals surface area contributed by atoms with Gasteiger partial charge in [-0.05, 0) is 19.9 Å². The van der Waals surface area contributed by atoms with Crippen LogP contribution < -0.4 is 0 Å². The van der Waals surface area contributed by atoms with Crippen LogP contribution in [-0.2, 0) is 4.79 Å². The van der Waals surface area contributed by atoms with Crippen molar-refractivity contribution in [2.24, 2.45) is 0 Å². The molecule has 0 amide bonds. The second-order valence-corrected chi connectivity index (χ2v) is 6.01. The molecule has 0 radical (unpaired) electrons. The smallest absolute Gasteiger partial charge is 0.313 e. The maximum atomic E-state index is 10.5. The van der Waals surface area contributed by atoms with Gasteiger partial charge in [0.15, 0.2) is 9.35 Å². The fourth-order valence-electron chi connectivity index (χ4n) is 1.39. The molecule has 0 bridgehead atoms. The van der Waals surface area contributed by atoms with Crippen LogP contribution in [0, 0.1) is 0 Å². The predicted octanol–water partition coefficient (Wildman–Crippen LogP) is 2.16. The van der Waals surface area contributed by atoms with E-state index in [1.165, 1.54) is 23.1 Å². The lowest BCUT2D eigenvalue weighted by Gasteiger charge is -2.07. The lowest BCUT2D eigenvalue weighted by Crippen LogP contribution is -2.04. The van der Waals surface area contributed by atoms with E-state index in [4.69, 9.17) is 5.11 Å². The van der Waals surface area contributed by atoms with Crippen LogP contribution in [0.2, 0.25) is 0 Å². The number of carboxylic acids is 1. The minimum absolute atomic E-state index is 0.00191. The third-order valence-electron chi connectivity index (χ3n) is 2.10. The molecular weight excluding hydrogens is 272 g/mol. The highest BCUT2D eigenvalue weighted by Crippen LogP contribution is 2.30. The number of rotatable bonds is 5. The molecule has 96 valence electrons. The van der Waals surface area contributed by atoms with Gasteiger partial charge in [-0.15, -0.1) is 10.2 Å². The zero-order chi connectivity index (χ0) is 13.1. The first-order valence-corrected chi connectivity index (χ1v) is 7.10. The van der Waals surface area contributed by atoms with Crippen molar-refractivity contribution >= 4 is 29.1 Å². The average Bonchev–Trinajstić information content (AvgIpc) is 2.94. The van der Waals surface area contributed by atoms with Crippen LogP contribution >= 0.6 is 23.1 Å². The number of hydrogen-bond acceptors (Lipinski definition) is 6. The van der Waals surface area contributed by atoms with Crippen molar-refractivity contribution in [3.8, 4) is 10.7 Å². The summed E-state index contributed by atoms with van der Waals surface area (Å²) in [5.41, 5.74) is 0.907. The van der Waals surface area contributed by atoms with Gasteiger partial charge >= 0.3 is 5.97 Å². The number of carboxylic acid groups (broad SMARTS) is 1. The molecule has 0 unspecified atom stereocenters. The third kappa shape index (κ3) is 2.88. The van der Waals surface area contributed by atoms with Crippen LogP contribution in [0.15, 0.2) is 16.6 Å². The van der Waals surface area contributed by atoms with Crippen LogP contribution in [0.5, 0.6) is 0 Å². The van der Waals surface area contributed by atoms with Crippen LogP contribution in [0.4, 0.5) is 0 Å². The van der Waals surface area contributed by atoms with Crippen molar-refractivity contribution in [2.45, 2.75) is 24.2 Å². The van der Waals surface area contributed by atoms with E-state index < -0.39 is 5.97 Å². The molecule has 0 saturated heterocycles. The van der Waals surface area contributed by atoms with E-state index in [-0.39, 0.29) is 11.8 Å². The minimum Gasteiger partial charge on any atom is -0.481 e. The standard InChI is InChI=1S/C10H12N4O2S2/c1-6(2)14-7(3-4-11-14)9-12-13-10(18-9)17-5-8(15)16/h3-4,6H,5H2,1-2H3,(H,15,16). The van der Waals surface area contributed by atoms with Gasteiger partial charge < -0.3 is 5.11 Å². The van der Waals surface area contributed by atoms with Crippen molar-refractivity contribution in [1.29, 1.82) is 0 Å². The topological polar surface area (TPSA) is 80.9 Å². The Balaban J connectivity index is 2.19. The largest absolute Gasteiger partial charge is 0.481 e. The molecule has 0 aliphatic carbocycles. The van der Waals surface area contributed by atoms with Gasteiger partial charge in [0.1, 0.15) is 0 Å². The van der Waals surface area contributed by atoms with Gasteiger partial charge in [0, 0.05) is 12.2 Å². The molecule has 2 heterocycles. The summed E-state index contributed by atoms with van der Waals surface area (Å²) >= 11 is 2.56. The van der Waals surface area contributed by atoms with Crippen molar-refractivity contribution in [3.63, 3.8) is 0 Å². The van der Waals surface area contributed by atoms with Gasteiger partial charge in [0.2, 0.25) is 0 Å². The van der Waals surface area contributed by atoms with Gasteiger partial charge in [0.25, 0.3) is 0 Å². The molecule has 0 saturated carbocycles. The maximum absolute atomic E-state index is 10.5. The van der Waals surface area contributed by atoms with E-state index in [0.717, 1.165) is 10.7 Å². The normalized spacial score (nSPS) is 11.1. The van der Waals surface area contributed by atoms with E-state index in [1.54, 1.807) is 6.20 Å². The molecule has 0 aliphatic heterocycles. The molecule has 0 spiro atoms. The Labute approximate surface area is 112 Å². The molecule has 18 heavy (non-hydrogen) atoms. The van der Waals surface area contributed by atoms with E-state index >= 15 is 0 Å². The van der Waals surface area contributed by atoms with E-state index in [2.05, 4.69) is 15.3 Å². The maximum Gasteiger partial charge on any atom is 0.313 e. The van der Waals surface area contributed by atoms with Crippen molar-refractivity contribution in [1.82, 2.24) is 20.0 Å². The first-order valence-electron chi connectivity index (χ1n) is 5.30. The van der Waals surface area contributed by atoms with E-state index in [9.17, 15) is 4.79 Å². The Bertz CT molecular complexity index is 550. The van der Waals surface area contributed by atoms with Gasteiger partial charge in [-0.1, -0.05) is 23.1 Å². The van der Waals surface area contributed by atoms with Gasteiger partial charge in [-0.3, -0.25) is 9.48 Å². The molecule has 0 aliphatic rings. The summed E-state index contributed by atoms with van der Waals surface area (Å²) in [6, 6.07) is 2.13. The van der Waals surface area contributed by atoms with E-state index in [0.29, 0.717) is 4.34 Å². The summed E-state index contributed by atoms with van der Waals surface area (Å²) in [5.74, 6) is -0.859. The highest BCUT2D eigenvalue weighted by molar-refractivity contribution is 8.01. The lowest BCUT2D eigenvalue weighted by atomic mass is 10.3. The van der Waals surface area contributed by atoms with Crippen LogP contribution in [0.1, 0.15) is 19.9 Å². The monoisotopic (exact) mass is 284 g/mol. The van der Waals surface area contributed by atoms with Crippen LogP contribution in [-0.4, -0.2) is 36.8 Å². The summed E-state index contributed by atoms with van der Waals surface area (Å²) in [5, 5.41) is 21.6. The Kier molecular flexibility index (Phi) is 3.97. The minimum atomic E-state index is -0.857. The zero-order valence-corrected chi connectivity index (χ0v) is 11.5. The molecule has 1 N–H and O–H groups in total. The Morgan fingerprint density at radius 2 is 2.33 bits per heavy atom. The Hall–Kier alpha value is -1.41. The zero-order valence-electron chi connectivity index (χ0n) is 9.90.